The third-order valence-corrected chi connectivity index (χ3v) is 2.67. The normalized spacial score (nSPS) is 10.5. The molecule has 2 aromatic heterocycles. The molecule has 0 spiro atoms. The minimum Gasteiger partial charge on any atom is -0.480 e. The Morgan fingerprint density at radius 1 is 1.45 bits per heavy atom. The number of carbonyl (C=O) groups excluding carboxylic acids is 1. The second-order valence-corrected chi connectivity index (χ2v) is 4.29. The van der Waals surface area contributed by atoms with Crippen molar-refractivity contribution in [2.45, 2.75) is 26.9 Å². The van der Waals surface area contributed by atoms with Gasteiger partial charge in [0.1, 0.15) is 12.2 Å². The van der Waals surface area contributed by atoms with Crippen LogP contribution in [0.25, 0.3) is 0 Å². The lowest BCUT2D eigenvalue weighted by Gasteiger charge is -2.02. The molecule has 0 aliphatic heterocycles. The van der Waals surface area contributed by atoms with Crippen LogP contribution < -0.4 is 5.32 Å². The Balaban J connectivity index is 1.97. The van der Waals surface area contributed by atoms with E-state index in [9.17, 15) is 9.59 Å². The maximum atomic E-state index is 12.0. The van der Waals surface area contributed by atoms with E-state index in [0.717, 1.165) is 0 Å². The van der Waals surface area contributed by atoms with Crippen LogP contribution in [-0.2, 0) is 17.9 Å². The fourth-order valence-corrected chi connectivity index (χ4v) is 1.78. The zero-order chi connectivity index (χ0) is 14.7. The average molecular weight is 278 g/mol. The molecule has 2 heterocycles. The summed E-state index contributed by atoms with van der Waals surface area (Å²) in [5.74, 6) is -1.27. The lowest BCUT2D eigenvalue weighted by Crippen LogP contribution is -2.24. The summed E-state index contributed by atoms with van der Waals surface area (Å²) >= 11 is 0. The first-order valence-corrected chi connectivity index (χ1v) is 5.88. The summed E-state index contributed by atoms with van der Waals surface area (Å²) < 4.78 is 1.19. The molecule has 9 heteroatoms. The van der Waals surface area contributed by atoms with Crippen LogP contribution in [-0.4, -0.2) is 42.2 Å². The molecule has 0 bridgehead atoms. The molecule has 3 N–H and O–H groups in total. The smallest absolute Gasteiger partial charge is 0.325 e. The molecular weight excluding hydrogens is 264 g/mol. The molecule has 106 valence electrons. The number of nitrogens with zero attached hydrogens (tertiary/aromatic N) is 4. The molecule has 0 radical (unpaired) electrons. The van der Waals surface area contributed by atoms with Crippen LogP contribution in [0.15, 0.2) is 6.20 Å². The van der Waals surface area contributed by atoms with Crippen molar-refractivity contribution >= 4 is 11.9 Å². The summed E-state index contributed by atoms with van der Waals surface area (Å²) in [5, 5.41) is 25.4. The van der Waals surface area contributed by atoms with Gasteiger partial charge in [-0.15, -0.1) is 5.10 Å². The van der Waals surface area contributed by atoms with Gasteiger partial charge in [-0.2, -0.15) is 5.10 Å². The number of hydrogen-bond acceptors (Lipinski definition) is 5. The molecule has 2 aromatic rings. The number of aromatic amines is 1. The minimum absolute atomic E-state index is 0.169. The number of aryl methyl sites for hydroxylation is 2. The van der Waals surface area contributed by atoms with Gasteiger partial charge in [-0.1, -0.05) is 5.21 Å². The second kappa shape index (κ2) is 5.51. The van der Waals surface area contributed by atoms with Crippen molar-refractivity contribution in [2.75, 3.05) is 0 Å². The number of carbonyl (C=O) groups is 2. The van der Waals surface area contributed by atoms with Gasteiger partial charge < -0.3 is 10.4 Å². The van der Waals surface area contributed by atoms with Gasteiger partial charge in [0, 0.05) is 5.69 Å². The monoisotopic (exact) mass is 278 g/mol. The van der Waals surface area contributed by atoms with Gasteiger partial charge in [0.05, 0.1) is 24.0 Å². The Labute approximate surface area is 114 Å². The van der Waals surface area contributed by atoms with Gasteiger partial charge in [-0.3, -0.25) is 14.7 Å². The number of aliphatic carboxylic acids is 1. The van der Waals surface area contributed by atoms with Crippen molar-refractivity contribution in [3.63, 3.8) is 0 Å². The molecule has 0 saturated heterocycles. The molecule has 0 aliphatic rings. The van der Waals surface area contributed by atoms with Crippen molar-refractivity contribution in [3.05, 3.63) is 28.8 Å². The Morgan fingerprint density at radius 2 is 2.20 bits per heavy atom. The Bertz CT molecular complexity index is 625. The Morgan fingerprint density at radius 3 is 2.80 bits per heavy atom. The molecule has 2 rings (SSSR count). The Kier molecular flexibility index (Phi) is 3.78. The first-order valence-electron chi connectivity index (χ1n) is 5.88. The van der Waals surface area contributed by atoms with Crippen LogP contribution in [0.2, 0.25) is 0 Å². The van der Waals surface area contributed by atoms with E-state index in [-0.39, 0.29) is 19.0 Å². The first kappa shape index (κ1) is 13.7. The highest BCUT2D eigenvalue weighted by atomic mass is 16.4. The lowest BCUT2D eigenvalue weighted by molar-refractivity contribution is -0.137. The number of H-pyrrole nitrogens is 1. The number of carboxylic acids is 1. The zero-order valence-electron chi connectivity index (χ0n) is 11.0. The highest BCUT2D eigenvalue weighted by Gasteiger charge is 2.15. The lowest BCUT2D eigenvalue weighted by atomic mass is 10.2. The quantitative estimate of drug-likeness (QED) is 0.685. The summed E-state index contributed by atoms with van der Waals surface area (Å²) in [6.45, 7) is 3.41. The largest absolute Gasteiger partial charge is 0.480 e. The van der Waals surface area contributed by atoms with Crippen molar-refractivity contribution in [1.29, 1.82) is 0 Å². The average Bonchev–Trinajstić information content (AvgIpc) is 2.93. The van der Waals surface area contributed by atoms with Crippen LogP contribution in [0.1, 0.15) is 27.4 Å². The highest BCUT2D eigenvalue weighted by Crippen LogP contribution is 2.08. The van der Waals surface area contributed by atoms with Gasteiger partial charge in [0.15, 0.2) is 0 Å². The van der Waals surface area contributed by atoms with Gasteiger partial charge in [-0.05, 0) is 13.8 Å². The topological polar surface area (TPSA) is 126 Å². The van der Waals surface area contributed by atoms with E-state index in [4.69, 9.17) is 5.11 Å². The van der Waals surface area contributed by atoms with Gasteiger partial charge in [0.25, 0.3) is 5.91 Å². The summed E-state index contributed by atoms with van der Waals surface area (Å²) in [6.07, 6.45) is 1.48. The van der Waals surface area contributed by atoms with Crippen LogP contribution in [0.3, 0.4) is 0 Å². The number of nitrogens with one attached hydrogen (secondary N) is 2. The molecular formula is C11H14N6O3. The van der Waals surface area contributed by atoms with E-state index in [1.54, 1.807) is 13.8 Å². The van der Waals surface area contributed by atoms with E-state index in [1.165, 1.54) is 10.9 Å². The van der Waals surface area contributed by atoms with E-state index >= 15 is 0 Å². The highest BCUT2D eigenvalue weighted by molar-refractivity contribution is 5.96. The zero-order valence-corrected chi connectivity index (χ0v) is 11.0. The number of carboxylic acid groups (broad SMARTS) is 1. The Hall–Kier alpha value is -2.71. The van der Waals surface area contributed by atoms with E-state index in [0.29, 0.717) is 22.6 Å². The number of amides is 1. The summed E-state index contributed by atoms with van der Waals surface area (Å²) in [7, 11) is 0. The van der Waals surface area contributed by atoms with Crippen molar-refractivity contribution in [1.82, 2.24) is 30.5 Å². The third kappa shape index (κ3) is 2.99. The number of hydrogen-bond donors (Lipinski definition) is 3. The summed E-state index contributed by atoms with van der Waals surface area (Å²) in [4.78, 5) is 22.5. The predicted octanol–water partition coefficient (Wildman–Crippen LogP) is -0.367. The van der Waals surface area contributed by atoms with E-state index in [1.807, 2.05) is 0 Å². The maximum absolute atomic E-state index is 12.0. The fourth-order valence-electron chi connectivity index (χ4n) is 1.78. The molecule has 20 heavy (non-hydrogen) atoms. The van der Waals surface area contributed by atoms with Crippen LogP contribution in [0.4, 0.5) is 0 Å². The number of aromatic nitrogens is 5. The predicted molar refractivity (Wildman–Crippen MR) is 66.9 cm³/mol. The van der Waals surface area contributed by atoms with Crippen molar-refractivity contribution in [2.24, 2.45) is 0 Å². The van der Waals surface area contributed by atoms with Gasteiger partial charge in [0.2, 0.25) is 0 Å². The van der Waals surface area contributed by atoms with E-state index < -0.39 is 5.97 Å². The standard InChI is InChI=1S/C11H14N6O3/c1-6-10(7(2)14-13-6)11(20)12-3-8-4-17(16-15-8)5-9(18)19/h4H,3,5H2,1-2H3,(H,12,20)(H,13,14)(H,18,19). The molecule has 0 aromatic carbocycles. The van der Waals surface area contributed by atoms with Crippen molar-refractivity contribution in [3.8, 4) is 0 Å². The van der Waals surface area contributed by atoms with Crippen molar-refractivity contribution < 1.29 is 14.7 Å². The first-order chi connectivity index (χ1) is 9.47. The van der Waals surface area contributed by atoms with Crippen LogP contribution in [0, 0.1) is 13.8 Å². The molecule has 1 amide bonds. The minimum atomic E-state index is -1.00. The molecule has 0 fully saturated rings. The second-order valence-electron chi connectivity index (χ2n) is 4.29. The van der Waals surface area contributed by atoms with Gasteiger partial charge >= 0.3 is 5.97 Å². The SMILES string of the molecule is Cc1n[nH]c(C)c1C(=O)NCc1cn(CC(=O)O)nn1. The third-order valence-electron chi connectivity index (χ3n) is 2.67. The maximum Gasteiger partial charge on any atom is 0.325 e. The van der Waals surface area contributed by atoms with E-state index in [2.05, 4.69) is 25.8 Å². The molecule has 0 unspecified atom stereocenters. The number of rotatable bonds is 5. The fraction of sp³-hybridized carbons (Fsp3) is 0.364. The van der Waals surface area contributed by atoms with Gasteiger partial charge in [-0.25, -0.2) is 4.68 Å². The van der Waals surface area contributed by atoms with Crippen LogP contribution >= 0.6 is 0 Å². The molecule has 0 saturated carbocycles. The molecule has 0 aliphatic carbocycles. The molecule has 0 atom stereocenters. The summed E-state index contributed by atoms with van der Waals surface area (Å²) in [6, 6.07) is 0. The summed E-state index contributed by atoms with van der Waals surface area (Å²) in [5.41, 5.74) is 2.30. The molecule has 9 nitrogen and oxygen atoms in total. The van der Waals surface area contributed by atoms with Crippen LogP contribution in [0.5, 0.6) is 0 Å².